The summed E-state index contributed by atoms with van der Waals surface area (Å²) in [4.78, 5) is 25.5. The summed E-state index contributed by atoms with van der Waals surface area (Å²) >= 11 is 0. The number of aliphatic hydroxyl groups is 1. The molecular formula is C27H45N3O6. The molecule has 2 rings (SSSR count). The highest BCUT2D eigenvalue weighted by Gasteiger charge is 2.31. The summed E-state index contributed by atoms with van der Waals surface area (Å²) in [7, 11) is 0. The van der Waals surface area contributed by atoms with Crippen LogP contribution in [0.2, 0.25) is 0 Å². The van der Waals surface area contributed by atoms with E-state index in [4.69, 9.17) is 9.47 Å². The van der Waals surface area contributed by atoms with Gasteiger partial charge in [-0.15, -0.1) is 0 Å². The highest BCUT2D eigenvalue weighted by Crippen LogP contribution is 2.21. The highest BCUT2D eigenvalue weighted by molar-refractivity contribution is 5.78. The maximum absolute atomic E-state index is 13.0. The number of aliphatic hydroxyl groups excluding tert-OH is 1. The first-order valence-electron chi connectivity index (χ1n) is 13.0. The number of amides is 2. The number of quaternary nitrogens is 1. The number of morpholine rings is 1. The molecule has 0 unspecified atom stereocenters. The molecule has 3 N–H and O–H groups in total. The van der Waals surface area contributed by atoms with Crippen molar-refractivity contribution in [3.63, 3.8) is 0 Å². The highest BCUT2D eigenvalue weighted by atomic mass is 16.6. The van der Waals surface area contributed by atoms with Gasteiger partial charge in [0.25, 0.3) is 0 Å². The molecule has 1 fully saturated rings. The second kappa shape index (κ2) is 13.9. The third kappa shape index (κ3) is 10.8. The Hall–Kier alpha value is -2.20. The van der Waals surface area contributed by atoms with E-state index in [0.717, 1.165) is 5.56 Å². The summed E-state index contributed by atoms with van der Waals surface area (Å²) < 4.78 is 10.4. The summed E-state index contributed by atoms with van der Waals surface area (Å²) in [6, 6.07) is 8.96. The third-order valence-electron chi connectivity index (χ3n) is 6.43. The molecule has 0 spiro atoms. The molecule has 1 heterocycles. The predicted molar refractivity (Wildman–Crippen MR) is 139 cm³/mol. The van der Waals surface area contributed by atoms with Gasteiger partial charge >= 0.3 is 6.09 Å². The molecule has 2 amide bonds. The fourth-order valence-electron chi connectivity index (χ4n) is 4.33. The largest absolute Gasteiger partial charge is 0.633 e. The van der Waals surface area contributed by atoms with Crippen LogP contribution < -0.4 is 10.6 Å². The number of carbonyl (C=O) groups excluding carboxylic acids is 2. The number of nitrogens with zero attached hydrogens (tertiary/aromatic N) is 1. The van der Waals surface area contributed by atoms with E-state index in [1.165, 1.54) is 0 Å². The number of hydroxylamine groups is 3. The van der Waals surface area contributed by atoms with Crippen LogP contribution in [0, 0.1) is 17.0 Å². The first-order chi connectivity index (χ1) is 16.9. The van der Waals surface area contributed by atoms with E-state index in [2.05, 4.69) is 10.6 Å². The summed E-state index contributed by atoms with van der Waals surface area (Å²) in [5, 5.41) is 29.5. The van der Waals surface area contributed by atoms with Crippen molar-refractivity contribution in [2.45, 2.75) is 71.6 Å². The van der Waals surface area contributed by atoms with E-state index in [0.29, 0.717) is 52.2 Å². The number of alkyl carbamates (subject to hydrolysis) is 1. The van der Waals surface area contributed by atoms with Crippen molar-refractivity contribution in [1.82, 2.24) is 10.6 Å². The zero-order chi connectivity index (χ0) is 26.8. The van der Waals surface area contributed by atoms with Crippen molar-refractivity contribution >= 4 is 12.0 Å². The molecule has 3 atom stereocenters. The van der Waals surface area contributed by atoms with Gasteiger partial charge in [0.05, 0.1) is 31.9 Å². The number of benzene rings is 1. The Labute approximate surface area is 215 Å². The number of carbonyl (C=O) groups is 2. The van der Waals surface area contributed by atoms with Gasteiger partial charge in [0, 0.05) is 18.9 Å². The lowest BCUT2D eigenvalue weighted by molar-refractivity contribution is -0.888. The van der Waals surface area contributed by atoms with Gasteiger partial charge < -0.3 is 35.1 Å². The quantitative estimate of drug-likeness (QED) is 0.227. The van der Waals surface area contributed by atoms with E-state index in [9.17, 15) is 19.9 Å². The van der Waals surface area contributed by atoms with Gasteiger partial charge in [-0.3, -0.25) is 4.79 Å². The van der Waals surface area contributed by atoms with Gasteiger partial charge in [-0.25, -0.2) is 4.79 Å². The zero-order valence-corrected chi connectivity index (χ0v) is 22.5. The topological polar surface area (TPSA) is 120 Å². The van der Waals surface area contributed by atoms with Gasteiger partial charge in [0.1, 0.15) is 18.7 Å². The van der Waals surface area contributed by atoms with Crippen LogP contribution >= 0.6 is 0 Å². The molecule has 1 saturated heterocycles. The van der Waals surface area contributed by atoms with Crippen LogP contribution in [0.3, 0.4) is 0 Å². The second-order valence-corrected chi connectivity index (χ2v) is 11.1. The summed E-state index contributed by atoms with van der Waals surface area (Å²) in [5.74, 6) is -0.618. The van der Waals surface area contributed by atoms with Gasteiger partial charge in [-0.05, 0) is 45.1 Å². The van der Waals surface area contributed by atoms with E-state index < -0.39 is 29.8 Å². The van der Waals surface area contributed by atoms with Crippen LogP contribution in [0.1, 0.15) is 53.0 Å². The number of ether oxygens (including phenoxy) is 2. The molecule has 1 aliphatic rings. The van der Waals surface area contributed by atoms with E-state index in [-0.39, 0.29) is 22.9 Å². The third-order valence-corrected chi connectivity index (χ3v) is 6.43. The lowest BCUT2D eigenvalue weighted by Crippen LogP contribution is -2.51. The van der Waals surface area contributed by atoms with Crippen LogP contribution in [0.15, 0.2) is 30.3 Å². The van der Waals surface area contributed by atoms with Crippen molar-refractivity contribution in [3.8, 4) is 0 Å². The van der Waals surface area contributed by atoms with Crippen LogP contribution in [0.4, 0.5) is 4.79 Å². The van der Waals surface area contributed by atoms with Crippen LogP contribution in [-0.4, -0.2) is 78.9 Å². The Kier molecular flexibility index (Phi) is 11.6. The fraction of sp³-hybridized carbons (Fsp3) is 0.704. The Morgan fingerprint density at radius 1 is 1.17 bits per heavy atom. The minimum Gasteiger partial charge on any atom is -0.633 e. The molecule has 9 heteroatoms. The molecule has 204 valence electrons. The predicted octanol–water partition coefficient (Wildman–Crippen LogP) is 3.00. The van der Waals surface area contributed by atoms with Crippen molar-refractivity contribution in [1.29, 1.82) is 0 Å². The number of rotatable bonds is 12. The minimum atomic E-state index is -0.959. The number of hydrogen-bond donors (Lipinski definition) is 3. The fourth-order valence-corrected chi connectivity index (χ4v) is 4.33. The normalized spacial score (nSPS) is 18.2. The Morgan fingerprint density at radius 2 is 1.81 bits per heavy atom. The Bertz CT molecular complexity index is 805. The Balaban J connectivity index is 1.97. The first-order valence-corrected chi connectivity index (χ1v) is 13.0. The van der Waals surface area contributed by atoms with E-state index >= 15 is 0 Å². The monoisotopic (exact) mass is 507 g/mol. The zero-order valence-electron chi connectivity index (χ0n) is 22.5. The maximum Gasteiger partial charge on any atom is 0.407 e. The lowest BCUT2D eigenvalue weighted by atomic mass is 9.86. The van der Waals surface area contributed by atoms with Gasteiger partial charge in [0.15, 0.2) is 0 Å². The van der Waals surface area contributed by atoms with Crippen molar-refractivity contribution in [3.05, 3.63) is 41.1 Å². The van der Waals surface area contributed by atoms with Crippen molar-refractivity contribution in [2.24, 2.45) is 11.8 Å². The number of nitrogens with one attached hydrogen (secondary N) is 2. The van der Waals surface area contributed by atoms with Crippen LogP contribution in [0.25, 0.3) is 0 Å². The van der Waals surface area contributed by atoms with Crippen LogP contribution in [-0.2, 0) is 20.7 Å². The van der Waals surface area contributed by atoms with Crippen molar-refractivity contribution < 1.29 is 28.8 Å². The molecule has 1 aromatic carbocycles. The minimum absolute atomic E-state index is 0.0179. The smallest absolute Gasteiger partial charge is 0.407 e. The molecule has 0 bridgehead atoms. The van der Waals surface area contributed by atoms with Gasteiger partial charge in [-0.2, -0.15) is 0 Å². The average molecular weight is 508 g/mol. The molecule has 36 heavy (non-hydrogen) atoms. The number of hydrogen-bond acceptors (Lipinski definition) is 6. The average Bonchev–Trinajstić information content (AvgIpc) is 2.79. The first kappa shape index (κ1) is 30.0. The molecule has 0 aromatic heterocycles. The van der Waals surface area contributed by atoms with Crippen LogP contribution in [0.5, 0.6) is 0 Å². The van der Waals surface area contributed by atoms with E-state index in [1.807, 2.05) is 44.2 Å². The van der Waals surface area contributed by atoms with Crippen molar-refractivity contribution in [2.75, 3.05) is 39.4 Å². The van der Waals surface area contributed by atoms with Gasteiger partial charge in [-0.1, -0.05) is 44.2 Å². The maximum atomic E-state index is 13.0. The Morgan fingerprint density at radius 3 is 2.39 bits per heavy atom. The molecular weight excluding hydrogens is 462 g/mol. The second-order valence-electron chi connectivity index (χ2n) is 11.1. The molecule has 9 nitrogen and oxygen atoms in total. The summed E-state index contributed by atoms with van der Waals surface area (Å²) in [6.07, 6.45) is -0.388. The summed E-state index contributed by atoms with van der Waals surface area (Å²) in [5.41, 5.74) is 0.291. The molecule has 0 saturated carbocycles. The molecule has 1 aromatic rings. The SMILES string of the molecule is CC(C)[C@H](C[C@H](O)[C@H](Cc1ccccc1)NC(=O)OC(C)(C)C)C(=O)NCCC[N+]1([O-])CCOCC1. The summed E-state index contributed by atoms with van der Waals surface area (Å²) in [6.45, 7) is 11.9. The van der Waals surface area contributed by atoms with Gasteiger partial charge in [0.2, 0.25) is 5.91 Å². The standard InChI is InChI=1S/C27H45N3O6/c1-20(2)22(25(32)28-12-9-13-30(34)14-16-35-17-15-30)19-24(31)23(18-21-10-7-6-8-11-21)29-26(33)36-27(3,4)5/h6-8,10-11,20,22-24,31H,9,12-19H2,1-5H3,(H,28,32)(H,29,33)/t22-,23-,24-/m0/s1. The lowest BCUT2D eigenvalue weighted by Gasteiger charge is -2.45. The molecule has 0 aliphatic carbocycles. The molecule has 1 aliphatic heterocycles. The molecule has 0 radical (unpaired) electrons. The van der Waals surface area contributed by atoms with E-state index in [1.54, 1.807) is 20.8 Å².